The standard InChI is InChI=1S/C12H21NO10/c1-23-7(3-14)10(19)11(20)9(13-8(18)4-15)5(16)2-6(17)12(21)22/h5,7,9-11,14-16,19-20H,2-4H2,1H3,(H,13,18)(H,21,22)/t5-,7+,9+,10+,11+/m0/s1. The predicted octanol–water partition coefficient (Wildman–Crippen LogP) is -4.40. The van der Waals surface area contributed by atoms with Gasteiger partial charge in [0.05, 0.1) is 18.8 Å². The fraction of sp³-hybridized carbons (Fsp3) is 0.750. The van der Waals surface area contributed by atoms with Crippen LogP contribution < -0.4 is 5.32 Å². The predicted molar refractivity (Wildman–Crippen MR) is 72.2 cm³/mol. The van der Waals surface area contributed by atoms with Gasteiger partial charge in [-0.15, -0.1) is 0 Å². The summed E-state index contributed by atoms with van der Waals surface area (Å²) >= 11 is 0. The first kappa shape index (κ1) is 21.4. The lowest BCUT2D eigenvalue weighted by Gasteiger charge is -2.33. The fourth-order valence-corrected chi connectivity index (χ4v) is 1.80. The van der Waals surface area contributed by atoms with E-state index in [2.05, 4.69) is 0 Å². The van der Waals surface area contributed by atoms with Gasteiger partial charge in [-0.1, -0.05) is 0 Å². The third-order valence-corrected chi connectivity index (χ3v) is 3.10. The molecule has 0 unspecified atom stereocenters. The van der Waals surface area contributed by atoms with Gasteiger partial charge in [-0.05, 0) is 0 Å². The third kappa shape index (κ3) is 6.56. The number of rotatable bonds is 11. The molecule has 0 spiro atoms. The van der Waals surface area contributed by atoms with E-state index in [0.717, 1.165) is 7.11 Å². The first-order valence-corrected chi connectivity index (χ1v) is 6.53. The van der Waals surface area contributed by atoms with Crippen molar-refractivity contribution in [3.05, 3.63) is 0 Å². The van der Waals surface area contributed by atoms with E-state index in [1.165, 1.54) is 0 Å². The molecule has 0 aromatic rings. The molecule has 5 atom stereocenters. The van der Waals surface area contributed by atoms with Crippen LogP contribution in [0.15, 0.2) is 0 Å². The second kappa shape index (κ2) is 10.2. The van der Waals surface area contributed by atoms with Crippen LogP contribution >= 0.6 is 0 Å². The highest BCUT2D eigenvalue weighted by Crippen LogP contribution is 2.13. The molecule has 134 valence electrons. The number of aliphatic hydroxyl groups is 5. The molecule has 0 heterocycles. The number of Topliss-reactive ketones (excluding diaryl/α,β-unsaturated/α-hetero) is 1. The molecule has 1 amide bonds. The average Bonchev–Trinajstić information content (AvgIpc) is 2.52. The Bertz CT molecular complexity index is 411. The van der Waals surface area contributed by atoms with Crippen LogP contribution in [0.2, 0.25) is 0 Å². The van der Waals surface area contributed by atoms with Crippen LogP contribution in [0.4, 0.5) is 0 Å². The normalized spacial score (nSPS) is 17.7. The summed E-state index contributed by atoms with van der Waals surface area (Å²) < 4.78 is 4.70. The highest BCUT2D eigenvalue weighted by atomic mass is 16.5. The Kier molecular flexibility index (Phi) is 9.48. The Morgan fingerprint density at radius 3 is 2.04 bits per heavy atom. The summed E-state index contributed by atoms with van der Waals surface area (Å²) in [4.78, 5) is 32.8. The van der Waals surface area contributed by atoms with Gasteiger partial charge in [-0.3, -0.25) is 9.59 Å². The van der Waals surface area contributed by atoms with Crippen LogP contribution in [0.1, 0.15) is 6.42 Å². The van der Waals surface area contributed by atoms with Gasteiger partial charge >= 0.3 is 5.97 Å². The number of hydrogen-bond donors (Lipinski definition) is 7. The summed E-state index contributed by atoms with van der Waals surface area (Å²) in [6, 6.07) is -1.68. The summed E-state index contributed by atoms with van der Waals surface area (Å²) in [5.74, 6) is -4.25. The SMILES string of the molecule is CO[C@H](CO)[C@@H](O)[C@H](O)[C@H](NC(=O)CO)[C@@H](O)CC(=O)C(=O)O. The first-order chi connectivity index (χ1) is 10.7. The van der Waals surface area contributed by atoms with E-state index in [1.54, 1.807) is 0 Å². The minimum Gasteiger partial charge on any atom is -0.475 e. The molecule has 0 aliphatic carbocycles. The number of methoxy groups -OCH3 is 1. The highest BCUT2D eigenvalue weighted by Gasteiger charge is 2.38. The lowest BCUT2D eigenvalue weighted by molar-refractivity contribution is -0.151. The van der Waals surface area contributed by atoms with E-state index in [4.69, 9.17) is 20.1 Å². The number of carbonyl (C=O) groups excluding carboxylic acids is 2. The number of hydrogen-bond acceptors (Lipinski definition) is 9. The molecule has 0 aliphatic heterocycles. The van der Waals surface area contributed by atoms with Gasteiger partial charge < -0.3 is 40.7 Å². The van der Waals surface area contributed by atoms with Gasteiger partial charge in [0.2, 0.25) is 11.7 Å². The minimum atomic E-state index is -1.92. The molecular weight excluding hydrogens is 318 g/mol. The van der Waals surface area contributed by atoms with Gasteiger partial charge in [-0.25, -0.2) is 4.79 Å². The molecule has 23 heavy (non-hydrogen) atoms. The highest BCUT2D eigenvalue weighted by molar-refractivity contribution is 6.32. The molecule has 11 nitrogen and oxygen atoms in total. The van der Waals surface area contributed by atoms with Crippen LogP contribution in [0.5, 0.6) is 0 Å². The van der Waals surface area contributed by atoms with Gasteiger partial charge in [0, 0.05) is 13.5 Å². The molecule has 0 aliphatic rings. The molecular formula is C12H21NO10. The Morgan fingerprint density at radius 2 is 1.65 bits per heavy atom. The van der Waals surface area contributed by atoms with E-state index in [1.807, 2.05) is 5.32 Å². The Hall–Kier alpha value is -1.63. The maximum atomic E-state index is 11.2. The van der Waals surface area contributed by atoms with Crippen LogP contribution in [0.25, 0.3) is 0 Å². The van der Waals surface area contributed by atoms with Crippen LogP contribution in [-0.4, -0.2) is 99.1 Å². The van der Waals surface area contributed by atoms with Crippen molar-refractivity contribution in [3.63, 3.8) is 0 Å². The molecule has 0 aromatic carbocycles. The second-order valence-corrected chi connectivity index (χ2v) is 4.69. The number of amides is 1. The number of ether oxygens (including phenoxy) is 1. The number of ketones is 1. The summed E-state index contributed by atoms with van der Waals surface area (Å²) in [5, 5.41) is 57.9. The molecule has 0 aromatic heterocycles. The van der Waals surface area contributed by atoms with Gasteiger partial charge in [0.1, 0.15) is 24.9 Å². The third-order valence-electron chi connectivity index (χ3n) is 3.10. The first-order valence-electron chi connectivity index (χ1n) is 6.53. The summed E-state index contributed by atoms with van der Waals surface area (Å²) in [6.07, 6.45) is -7.77. The molecule has 11 heteroatoms. The number of carboxylic acids is 1. The van der Waals surface area contributed by atoms with Crippen molar-refractivity contribution in [2.75, 3.05) is 20.3 Å². The van der Waals surface area contributed by atoms with E-state index in [9.17, 15) is 29.7 Å². The van der Waals surface area contributed by atoms with E-state index >= 15 is 0 Å². The van der Waals surface area contributed by atoms with E-state index in [0.29, 0.717) is 0 Å². The maximum absolute atomic E-state index is 11.2. The lowest BCUT2D eigenvalue weighted by atomic mass is 9.94. The molecule has 0 bridgehead atoms. The monoisotopic (exact) mass is 339 g/mol. The van der Waals surface area contributed by atoms with Crippen molar-refractivity contribution >= 4 is 17.7 Å². The zero-order valence-corrected chi connectivity index (χ0v) is 12.3. The van der Waals surface area contributed by atoms with E-state index in [-0.39, 0.29) is 0 Å². The minimum absolute atomic E-state index is 0.695. The Balaban J connectivity index is 5.22. The van der Waals surface area contributed by atoms with Crippen molar-refractivity contribution in [1.82, 2.24) is 5.32 Å². The van der Waals surface area contributed by atoms with Crippen LogP contribution in [0, 0.1) is 0 Å². The van der Waals surface area contributed by atoms with Gasteiger partial charge in [-0.2, -0.15) is 0 Å². The van der Waals surface area contributed by atoms with Crippen molar-refractivity contribution in [1.29, 1.82) is 0 Å². The Morgan fingerprint density at radius 1 is 1.09 bits per heavy atom. The van der Waals surface area contributed by atoms with Crippen molar-refractivity contribution < 1.29 is 49.8 Å². The second-order valence-electron chi connectivity index (χ2n) is 4.69. The number of nitrogens with one attached hydrogen (secondary N) is 1. The molecule has 0 saturated heterocycles. The smallest absolute Gasteiger partial charge is 0.372 e. The molecule has 0 radical (unpaired) electrons. The Labute approximate surface area is 131 Å². The average molecular weight is 339 g/mol. The zero-order chi connectivity index (χ0) is 18.2. The molecule has 7 N–H and O–H groups in total. The number of aliphatic carboxylic acids is 1. The van der Waals surface area contributed by atoms with Crippen molar-refractivity contribution in [2.24, 2.45) is 0 Å². The van der Waals surface area contributed by atoms with Crippen LogP contribution in [0.3, 0.4) is 0 Å². The quantitative estimate of drug-likeness (QED) is 0.181. The summed E-state index contributed by atoms with van der Waals surface area (Å²) in [7, 11) is 1.13. The van der Waals surface area contributed by atoms with Crippen molar-refractivity contribution in [2.45, 2.75) is 36.9 Å². The van der Waals surface area contributed by atoms with Gasteiger partial charge in [0.15, 0.2) is 0 Å². The van der Waals surface area contributed by atoms with Crippen LogP contribution in [-0.2, 0) is 19.1 Å². The number of aliphatic hydroxyl groups excluding tert-OH is 5. The van der Waals surface area contributed by atoms with Gasteiger partial charge in [0.25, 0.3) is 0 Å². The number of carbonyl (C=O) groups is 3. The lowest BCUT2D eigenvalue weighted by Crippen LogP contribution is -2.58. The summed E-state index contributed by atoms with van der Waals surface area (Å²) in [6.45, 7) is -1.70. The summed E-state index contributed by atoms with van der Waals surface area (Å²) in [5.41, 5.74) is 0. The molecule has 0 saturated carbocycles. The molecule has 0 rings (SSSR count). The maximum Gasteiger partial charge on any atom is 0.372 e. The van der Waals surface area contributed by atoms with Crippen molar-refractivity contribution in [3.8, 4) is 0 Å². The van der Waals surface area contributed by atoms with E-state index < -0.39 is 67.8 Å². The largest absolute Gasteiger partial charge is 0.475 e. The zero-order valence-electron chi connectivity index (χ0n) is 12.3. The number of carboxylic acid groups (broad SMARTS) is 1. The molecule has 0 fully saturated rings. The topological polar surface area (TPSA) is 194 Å². The fourth-order valence-electron chi connectivity index (χ4n) is 1.80.